The molecule has 0 saturated carbocycles. The van der Waals surface area contributed by atoms with Gasteiger partial charge in [-0.15, -0.1) is 6.42 Å². The molecule has 0 unspecified atom stereocenters. The van der Waals surface area contributed by atoms with Gasteiger partial charge in [-0.2, -0.15) is 0 Å². The third-order valence-electron chi connectivity index (χ3n) is 2.11. The van der Waals surface area contributed by atoms with E-state index in [0.29, 0.717) is 26.4 Å². The number of rotatable bonds is 15. The van der Waals surface area contributed by atoms with Gasteiger partial charge in [-0.1, -0.05) is 109 Å². The third-order valence-corrected chi connectivity index (χ3v) is 2.11. The van der Waals surface area contributed by atoms with Gasteiger partial charge in [0.05, 0.1) is 39.3 Å². The second kappa shape index (κ2) is 138. The number of hydrogen-bond donors (Lipinski definition) is 5. The molecule has 0 aromatic heterocycles. The van der Waals surface area contributed by atoms with Crippen molar-refractivity contribution in [1.82, 2.24) is 5.32 Å². The first-order valence-corrected chi connectivity index (χ1v) is 9.11. The summed E-state index contributed by atoms with van der Waals surface area (Å²) in [6.07, 6.45) is 8.90. The molecule has 0 atom stereocenters. The minimum atomic E-state index is -0.404. The second-order valence-electron chi connectivity index (χ2n) is 4.66. The molecule has 0 bridgehead atoms. The van der Waals surface area contributed by atoms with E-state index in [-0.39, 0.29) is 239 Å². The Morgan fingerprint density at radius 3 is 1.26 bits per heavy atom. The Bertz CT molecular complexity index is 425. The molecule has 46 heavy (non-hydrogen) atoms. The molecule has 0 aromatic rings. The van der Waals surface area contributed by atoms with Crippen LogP contribution < -0.4 is 5.32 Å². The van der Waals surface area contributed by atoms with Crippen LogP contribution in [0.3, 0.4) is 0 Å². The number of esters is 1. The molecule has 0 rings (SSSR count). The van der Waals surface area contributed by atoms with Crippen molar-refractivity contribution in [2.24, 2.45) is 0 Å². The van der Waals surface area contributed by atoms with Crippen LogP contribution in [-0.4, -0.2) is 91.7 Å². The van der Waals surface area contributed by atoms with Gasteiger partial charge in [0.1, 0.15) is 13.2 Å². The first kappa shape index (κ1) is 127. The number of aliphatic hydroxyl groups is 4. The molecule has 0 aliphatic carbocycles. The molecule has 1 amide bonds. The monoisotopic (exact) mass is 905 g/mol. The summed E-state index contributed by atoms with van der Waals surface area (Å²) in [4.78, 5) is 20.8. The maximum atomic E-state index is 10.5. The summed E-state index contributed by atoms with van der Waals surface area (Å²) in [5, 5.41) is 35.0. The fraction of sp³-hybridized carbons (Fsp3) is 0.697. The molecule has 0 aromatic carbocycles. The van der Waals surface area contributed by atoms with Crippen molar-refractivity contribution in [3.05, 3.63) is 50.8 Å². The second-order valence-corrected chi connectivity index (χ2v) is 4.66. The van der Waals surface area contributed by atoms with Crippen LogP contribution in [0.15, 0.2) is 32.6 Å². The van der Waals surface area contributed by atoms with E-state index in [2.05, 4.69) is 59.3 Å². The van der Waals surface area contributed by atoms with Crippen LogP contribution in [-0.2, 0) is 122 Å². The first-order valence-electron chi connectivity index (χ1n) is 9.11. The Morgan fingerprint density at radius 2 is 1.00 bits per heavy atom. The number of carbonyl (C=O) groups is 2. The average Bonchev–Trinajstić information content (AvgIpc) is 2.77. The van der Waals surface area contributed by atoms with Crippen LogP contribution in [0.25, 0.3) is 0 Å². The first-order chi connectivity index (χ1) is 14.9. The number of nitrogens with one attached hydrogen (secondary N) is 1. The standard InChI is InChI=1S/C6H10NO2.C6H9O3.C5H9O2.C4H8O2.12CH4.3Y/c1-2-3-6(9)7-4-5-8;1-2-3-6(8)9-5-4-7;1-2-4-7-5-3-6;1-2-6-4-3-5;;;;;;;;;;;;;;;/h8H,1,3-5H2,(H,7,9);7H,1,3-5H2;6H,1,3-5H2;2,5H,1,3-4H2;12*1H4;;;/q3*-1;;;;;;;;;;;;;;;;. The maximum Gasteiger partial charge on any atom is 0.276 e. The van der Waals surface area contributed by atoms with E-state index in [1.807, 2.05) is 0 Å². The summed E-state index contributed by atoms with van der Waals surface area (Å²) in [6, 6.07) is 0. The normalized spacial score (nSPS) is 5.65. The quantitative estimate of drug-likeness (QED) is 0.0500. The van der Waals surface area contributed by atoms with Crippen LogP contribution in [0.5, 0.6) is 0 Å². The van der Waals surface area contributed by atoms with Gasteiger partial charge in [-0.25, -0.2) is 0 Å². The van der Waals surface area contributed by atoms with Gasteiger partial charge in [-0.05, 0) is 0 Å². The Balaban J connectivity index is -0.0000000113. The Kier molecular flexibility index (Phi) is 381. The minimum Gasteiger partial charge on any atom is -0.499 e. The van der Waals surface area contributed by atoms with Gasteiger partial charge in [-0.3, -0.25) is 29.3 Å². The zero-order valence-corrected chi connectivity index (χ0v) is 28.3. The minimum absolute atomic E-state index is 0. The van der Waals surface area contributed by atoms with Crippen molar-refractivity contribution in [3.8, 4) is 0 Å². The van der Waals surface area contributed by atoms with Crippen molar-refractivity contribution < 1.29 is 142 Å². The van der Waals surface area contributed by atoms with Gasteiger partial charge in [0.2, 0.25) is 0 Å². The van der Waals surface area contributed by atoms with Gasteiger partial charge in [0.15, 0.2) is 5.91 Å². The van der Waals surface area contributed by atoms with Gasteiger partial charge >= 0.3 is 0 Å². The van der Waals surface area contributed by atoms with Crippen LogP contribution >= 0.6 is 0 Å². The third kappa shape index (κ3) is 181. The topological polar surface area (TPSA) is 155 Å². The zero-order chi connectivity index (χ0) is 24.6. The average molecular weight is 906 g/mol. The van der Waals surface area contributed by atoms with E-state index in [1.54, 1.807) is 0 Å². The van der Waals surface area contributed by atoms with E-state index in [4.69, 9.17) is 25.2 Å². The Morgan fingerprint density at radius 1 is 0.609 bits per heavy atom. The summed E-state index contributed by atoms with van der Waals surface area (Å²) in [6.45, 7) is 14.5. The van der Waals surface area contributed by atoms with Crippen LogP contribution in [0.4, 0.5) is 0 Å². The summed E-state index contributed by atoms with van der Waals surface area (Å²) < 4.78 is 13.6. The van der Waals surface area contributed by atoms with Crippen LogP contribution in [0.2, 0.25) is 0 Å². The summed E-state index contributed by atoms with van der Waals surface area (Å²) >= 11 is 0. The number of carbonyl (C=O) groups excluding carboxylic acids is 2. The van der Waals surface area contributed by atoms with Gasteiger partial charge < -0.3 is 58.2 Å². The van der Waals surface area contributed by atoms with E-state index >= 15 is 0 Å². The molecular formula is C33H84NO9Y3-3. The molecule has 0 saturated heterocycles. The van der Waals surface area contributed by atoms with E-state index in [0.717, 1.165) is 0 Å². The molecule has 13 heteroatoms. The Labute approximate surface area is 367 Å². The van der Waals surface area contributed by atoms with Crippen molar-refractivity contribution in [2.45, 2.75) is 102 Å². The zero-order valence-electron chi connectivity index (χ0n) is 19.7. The molecule has 10 nitrogen and oxygen atoms in total. The summed E-state index contributed by atoms with van der Waals surface area (Å²) in [5.74, 6) is -0.557. The number of hydrogen-bond acceptors (Lipinski definition) is 9. The van der Waals surface area contributed by atoms with Crippen molar-refractivity contribution in [2.75, 3.05) is 59.4 Å². The van der Waals surface area contributed by atoms with Crippen LogP contribution in [0, 0.1) is 18.2 Å². The maximum absolute atomic E-state index is 10.5. The number of ether oxygens (including phenoxy) is 3. The predicted octanol–water partition coefficient (Wildman–Crippen LogP) is 7.12. The SMILES string of the molecule is C.C.C.C.C.C.C.C.C.C.C.C.C=COCCO.C=[C-]CC(=O)NCCO.C=[C-]CC(=O)OCCO.C=[C-]COCCO.[Y].[Y].[Y]. The Hall–Kier alpha value is 0.812. The van der Waals surface area contributed by atoms with E-state index < -0.39 is 5.97 Å². The van der Waals surface area contributed by atoms with E-state index in [9.17, 15) is 9.59 Å². The van der Waals surface area contributed by atoms with E-state index in [1.165, 1.54) is 6.26 Å². The number of amides is 1. The molecule has 0 aliphatic rings. The van der Waals surface area contributed by atoms with Crippen molar-refractivity contribution in [3.63, 3.8) is 0 Å². The smallest absolute Gasteiger partial charge is 0.276 e. The molecular weight excluding hydrogens is 821 g/mol. The fourth-order valence-corrected chi connectivity index (χ4v) is 1.03. The largest absolute Gasteiger partial charge is 0.499 e. The van der Waals surface area contributed by atoms with Gasteiger partial charge in [0, 0.05) is 105 Å². The summed E-state index contributed by atoms with van der Waals surface area (Å²) in [7, 11) is 0. The van der Waals surface area contributed by atoms with Gasteiger partial charge in [0.25, 0.3) is 5.97 Å². The van der Waals surface area contributed by atoms with Crippen LogP contribution in [0.1, 0.15) is 102 Å². The molecule has 0 aliphatic heterocycles. The summed E-state index contributed by atoms with van der Waals surface area (Å²) in [5.41, 5.74) is 0. The van der Waals surface area contributed by atoms with Crippen molar-refractivity contribution >= 4 is 11.9 Å². The molecule has 0 heterocycles. The predicted molar refractivity (Wildman–Crippen MR) is 196 cm³/mol. The number of aliphatic hydroxyl groups excluding tert-OH is 4. The molecule has 287 valence electrons. The molecule has 5 N–H and O–H groups in total. The molecule has 0 fully saturated rings. The fourth-order valence-electron chi connectivity index (χ4n) is 1.03. The molecule has 0 spiro atoms. The van der Waals surface area contributed by atoms with Crippen molar-refractivity contribution in [1.29, 1.82) is 0 Å². The molecule has 3 radical (unpaired) electrons.